The Labute approximate surface area is 107 Å². The molecule has 0 radical (unpaired) electrons. The number of carboxylic acid groups (broad SMARTS) is 1. The maximum absolute atomic E-state index is 11.9. The molecule has 2 aromatic rings. The Morgan fingerprint density at radius 1 is 1.37 bits per heavy atom. The van der Waals surface area contributed by atoms with Crippen molar-refractivity contribution in [2.24, 2.45) is 0 Å². The lowest BCUT2D eigenvalue weighted by molar-refractivity contribution is 0.0511. The quantitative estimate of drug-likeness (QED) is 0.787. The SMILES string of the molecule is CCOC(=O)c1c(OC)cc2n[nH]nc2c1C(=O)O. The third kappa shape index (κ3) is 2.07. The molecule has 0 saturated heterocycles. The van der Waals surface area contributed by atoms with Gasteiger partial charge in [0.15, 0.2) is 0 Å². The third-order valence-electron chi connectivity index (χ3n) is 2.49. The van der Waals surface area contributed by atoms with Crippen LogP contribution in [0.15, 0.2) is 6.07 Å². The zero-order valence-electron chi connectivity index (χ0n) is 10.3. The van der Waals surface area contributed by atoms with E-state index in [-0.39, 0.29) is 29.0 Å². The fourth-order valence-corrected chi connectivity index (χ4v) is 1.74. The number of hydrogen-bond acceptors (Lipinski definition) is 6. The lowest BCUT2D eigenvalue weighted by Gasteiger charge is -2.10. The van der Waals surface area contributed by atoms with E-state index in [0.717, 1.165) is 0 Å². The fourth-order valence-electron chi connectivity index (χ4n) is 1.74. The summed E-state index contributed by atoms with van der Waals surface area (Å²) >= 11 is 0. The number of aromatic amines is 1. The number of esters is 1. The summed E-state index contributed by atoms with van der Waals surface area (Å²) in [5.74, 6) is -2.00. The second-order valence-corrected chi connectivity index (χ2v) is 3.55. The van der Waals surface area contributed by atoms with Gasteiger partial charge < -0.3 is 14.6 Å². The minimum Gasteiger partial charge on any atom is -0.496 e. The molecule has 100 valence electrons. The van der Waals surface area contributed by atoms with Crippen LogP contribution in [0.5, 0.6) is 5.75 Å². The van der Waals surface area contributed by atoms with Gasteiger partial charge in [-0.3, -0.25) is 0 Å². The molecule has 0 amide bonds. The van der Waals surface area contributed by atoms with Crippen LogP contribution in [-0.4, -0.2) is 46.2 Å². The lowest BCUT2D eigenvalue weighted by atomic mass is 10.0. The molecule has 0 aliphatic heterocycles. The predicted octanol–water partition coefficient (Wildman–Crippen LogP) is 0.841. The number of hydrogen-bond donors (Lipinski definition) is 2. The van der Waals surface area contributed by atoms with Crippen molar-refractivity contribution in [3.63, 3.8) is 0 Å². The van der Waals surface area contributed by atoms with Crippen LogP contribution in [0.2, 0.25) is 0 Å². The van der Waals surface area contributed by atoms with Crippen molar-refractivity contribution in [1.29, 1.82) is 0 Å². The molecular formula is C11H11N3O5. The van der Waals surface area contributed by atoms with E-state index < -0.39 is 11.9 Å². The first kappa shape index (κ1) is 12.8. The largest absolute Gasteiger partial charge is 0.496 e. The summed E-state index contributed by atoms with van der Waals surface area (Å²) in [6.07, 6.45) is 0. The van der Waals surface area contributed by atoms with Gasteiger partial charge in [-0.05, 0) is 6.92 Å². The van der Waals surface area contributed by atoms with Gasteiger partial charge >= 0.3 is 11.9 Å². The number of carboxylic acids is 1. The summed E-state index contributed by atoms with van der Waals surface area (Å²) in [6.45, 7) is 1.75. The number of carbonyl (C=O) groups is 2. The number of benzene rings is 1. The molecule has 0 aliphatic carbocycles. The number of H-pyrrole nitrogens is 1. The van der Waals surface area contributed by atoms with Crippen LogP contribution in [0.4, 0.5) is 0 Å². The normalized spacial score (nSPS) is 10.4. The van der Waals surface area contributed by atoms with Crippen LogP contribution in [0.25, 0.3) is 11.0 Å². The van der Waals surface area contributed by atoms with Gasteiger partial charge in [0.25, 0.3) is 0 Å². The van der Waals surface area contributed by atoms with Crippen LogP contribution < -0.4 is 4.74 Å². The van der Waals surface area contributed by atoms with Gasteiger partial charge in [0.1, 0.15) is 27.9 Å². The fraction of sp³-hybridized carbons (Fsp3) is 0.273. The van der Waals surface area contributed by atoms with Gasteiger partial charge in [-0.25, -0.2) is 9.59 Å². The van der Waals surface area contributed by atoms with Crippen molar-refractivity contribution < 1.29 is 24.2 Å². The highest BCUT2D eigenvalue weighted by molar-refractivity contribution is 6.12. The average molecular weight is 265 g/mol. The van der Waals surface area contributed by atoms with Crippen LogP contribution in [0.3, 0.4) is 0 Å². The van der Waals surface area contributed by atoms with E-state index in [0.29, 0.717) is 5.52 Å². The van der Waals surface area contributed by atoms with Crippen LogP contribution in [0, 0.1) is 0 Å². The number of nitrogens with zero attached hydrogens (tertiary/aromatic N) is 2. The maximum Gasteiger partial charge on any atom is 0.342 e. The first-order valence-corrected chi connectivity index (χ1v) is 5.42. The molecule has 2 rings (SSSR count). The second-order valence-electron chi connectivity index (χ2n) is 3.55. The maximum atomic E-state index is 11.9. The molecule has 19 heavy (non-hydrogen) atoms. The first-order chi connectivity index (χ1) is 9.10. The lowest BCUT2D eigenvalue weighted by Crippen LogP contribution is -2.14. The Morgan fingerprint density at radius 3 is 2.68 bits per heavy atom. The van der Waals surface area contributed by atoms with Gasteiger partial charge in [-0.2, -0.15) is 15.4 Å². The number of aromatic carboxylic acids is 1. The molecule has 0 spiro atoms. The number of rotatable bonds is 4. The Balaban J connectivity index is 2.79. The molecule has 1 aromatic carbocycles. The number of ether oxygens (including phenoxy) is 2. The van der Waals surface area contributed by atoms with Crippen LogP contribution >= 0.6 is 0 Å². The van der Waals surface area contributed by atoms with Crippen LogP contribution in [0.1, 0.15) is 27.6 Å². The standard InChI is InChI=1S/C11H11N3O5/c1-3-19-11(17)7-6(18-2)4-5-9(13-14-12-5)8(7)10(15)16/h4H,3H2,1-2H3,(H,15,16)(H,12,13,14). The van der Waals surface area contributed by atoms with E-state index in [4.69, 9.17) is 9.47 Å². The summed E-state index contributed by atoms with van der Waals surface area (Å²) in [6, 6.07) is 1.43. The van der Waals surface area contributed by atoms with Gasteiger partial charge in [-0.15, -0.1) is 0 Å². The first-order valence-electron chi connectivity index (χ1n) is 5.42. The van der Waals surface area contributed by atoms with Crippen LogP contribution in [-0.2, 0) is 4.74 Å². The number of carbonyl (C=O) groups excluding carboxylic acids is 1. The van der Waals surface area contributed by atoms with Gasteiger partial charge in [0.05, 0.1) is 13.7 Å². The zero-order chi connectivity index (χ0) is 14.0. The molecule has 8 heteroatoms. The number of nitrogens with one attached hydrogen (secondary N) is 1. The zero-order valence-corrected chi connectivity index (χ0v) is 10.3. The number of aromatic nitrogens is 3. The van der Waals surface area contributed by atoms with E-state index in [9.17, 15) is 14.7 Å². The van der Waals surface area contributed by atoms with E-state index in [1.54, 1.807) is 6.92 Å². The molecule has 8 nitrogen and oxygen atoms in total. The monoisotopic (exact) mass is 265 g/mol. The van der Waals surface area contributed by atoms with E-state index in [2.05, 4.69) is 15.4 Å². The van der Waals surface area contributed by atoms with Gasteiger partial charge in [-0.1, -0.05) is 0 Å². The molecule has 0 bridgehead atoms. The highest BCUT2D eigenvalue weighted by Crippen LogP contribution is 2.29. The number of methoxy groups -OCH3 is 1. The Hall–Kier alpha value is -2.64. The van der Waals surface area contributed by atoms with Gasteiger partial charge in [0.2, 0.25) is 0 Å². The summed E-state index contributed by atoms with van der Waals surface area (Å²) in [5.41, 5.74) is -0.0848. The highest BCUT2D eigenvalue weighted by atomic mass is 16.5. The second kappa shape index (κ2) is 4.92. The van der Waals surface area contributed by atoms with Crippen molar-refractivity contribution in [3.8, 4) is 5.75 Å². The smallest absolute Gasteiger partial charge is 0.342 e. The average Bonchev–Trinajstić information content (AvgIpc) is 2.83. The molecule has 0 aliphatic rings. The number of fused-ring (bicyclic) bond motifs is 1. The molecule has 0 saturated carbocycles. The molecule has 0 unspecified atom stereocenters. The minimum atomic E-state index is -1.30. The highest BCUT2D eigenvalue weighted by Gasteiger charge is 2.27. The molecule has 2 N–H and O–H groups in total. The molecule has 1 aromatic heterocycles. The molecule has 0 atom stereocenters. The van der Waals surface area contributed by atoms with Crippen molar-refractivity contribution in [2.75, 3.05) is 13.7 Å². The Morgan fingerprint density at radius 2 is 2.11 bits per heavy atom. The van der Waals surface area contributed by atoms with Crippen molar-refractivity contribution in [3.05, 3.63) is 17.2 Å². The third-order valence-corrected chi connectivity index (χ3v) is 2.49. The Bertz CT molecular complexity index is 649. The van der Waals surface area contributed by atoms with E-state index in [1.165, 1.54) is 13.2 Å². The summed E-state index contributed by atoms with van der Waals surface area (Å²) in [4.78, 5) is 23.3. The summed E-state index contributed by atoms with van der Waals surface area (Å²) in [7, 11) is 1.33. The topological polar surface area (TPSA) is 114 Å². The van der Waals surface area contributed by atoms with Gasteiger partial charge in [0, 0.05) is 6.07 Å². The predicted molar refractivity (Wildman–Crippen MR) is 63.4 cm³/mol. The molecule has 1 heterocycles. The van der Waals surface area contributed by atoms with Crippen molar-refractivity contribution >= 4 is 23.0 Å². The Kier molecular flexibility index (Phi) is 3.32. The van der Waals surface area contributed by atoms with E-state index >= 15 is 0 Å². The molecular weight excluding hydrogens is 254 g/mol. The summed E-state index contributed by atoms with van der Waals surface area (Å²) < 4.78 is 9.88. The molecule has 0 fully saturated rings. The van der Waals surface area contributed by atoms with Crippen molar-refractivity contribution in [1.82, 2.24) is 15.4 Å². The van der Waals surface area contributed by atoms with Crippen molar-refractivity contribution in [2.45, 2.75) is 6.92 Å². The van der Waals surface area contributed by atoms with E-state index in [1.807, 2.05) is 0 Å². The minimum absolute atomic E-state index is 0.0800. The summed E-state index contributed by atoms with van der Waals surface area (Å²) in [5, 5.41) is 19.1.